The van der Waals surface area contributed by atoms with Gasteiger partial charge in [-0.15, -0.1) is 11.3 Å². The van der Waals surface area contributed by atoms with Gasteiger partial charge in [0.15, 0.2) is 11.5 Å². The van der Waals surface area contributed by atoms with Crippen LogP contribution in [0.4, 0.5) is 4.39 Å². The van der Waals surface area contributed by atoms with Gasteiger partial charge < -0.3 is 14.4 Å². The van der Waals surface area contributed by atoms with Gasteiger partial charge in [-0.05, 0) is 73.4 Å². The minimum atomic E-state index is -0.266. The van der Waals surface area contributed by atoms with Gasteiger partial charge >= 0.3 is 0 Å². The lowest BCUT2D eigenvalue weighted by Gasteiger charge is -2.29. The number of halogens is 1. The second kappa shape index (κ2) is 8.88. The summed E-state index contributed by atoms with van der Waals surface area (Å²) in [7, 11) is 0. The van der Waals surface area contributed by atoms with E-state index in [0.29, 0.717) is 31.2 Å². The predicted molar refractivity (Wildman–Crippen MR) is 117 cm³/mol. The summed E-state index contributed by atoms with van der Waals surface area (Å²) in [5.74, 6) is 1.24. The first-order valence-corrected chi connectivity index (χ1v) is 11.0. The summed E-state index contributed by atoms with van der Waals surface area (Å²) >= 11 is 1.44. The Morgan fingerprint density at radius 2 is 1.67 bits per heavy atom. The highest BCUT2D eigenvalue weighted by molar-refractivity contribution is 7.17. The van der Waals surface area contributed by atoms with Crippen LogP contribution in [0.2, 0.25) is 0 Å². The van der Waals surface area contributed by atoms with Gasteiger partial charge in [-0.2, -0.15) is 0 Å². The van der Waals surface area contributed by atoms with E-state index in [2.05, 4.69) is 0 Å². The predicted octanol–water partition coefficient (Wildman–Crippen LogP) is 5.55. The third-order valence-corrected chi connectivity index (χ3v) is 6.23. The van der Waals surface area contributed by atoms with Crippen molar-refractivity contribution in [3.8, 4) is 21.9 Å². The number of ether oxygens (including phenoxy) is 2. The van der Waals surface area contributed by atoms with Crippen LogP contribution in [0.15, 0.2) is 48.5 Å². The van der Waals surface area contributed by atoms with E-state index in [4.69, 9.17) is 9.47 Å². The van der Waals surface area contributed by atoms with Crippen molar-refractivity contribution in [2.75, 3.05) is 19.8 Å². The summed E-state index contributed by atoms with van der Waals surface area (Å²) in [6.45, 7) is 6.25. The fraction of sp³-hybridized carbons (Fsp3) is 0.292. The van der Waals surface area contributed by atoms with Gasteiger partial charge in [-0.1, -0.05) is 12.1 Å². The lowest BCUT2D eigenvalue weighted by atomic mass is 9.98. The van der Waals surface area contributed by atoms with E-state index in [-0.39, 0.29) is 11.7 Å². The van der Waals surface area contributed by atoms with E-state index in [1.165, 1.54) is 29.0 Å². The van der Waals surface area contributed by atoms with Crippen molar-refractivity contribution >= 4 is 17.2 Å². The van der Waals surface area contributed by atoms with Crippen molar-refractivity contribution in [3.05, 3.63) is 70.4 Å². The maximum Gasteiger partial charge on any atom is 0.264 e. The fourth-order valence-corrected chi connectivity index (χ4v) is 4.63. The molecule has 1 aromatic heterocycles. The van der Waals surface area contributed by atoms with Crippen LogP contribution < -0.4 is 9.47 Å². The first-order valence-electron chi connectivity index (χ1n) is 10.2. The maximum atomic E-state index is 13.2. The Bertz CT molecular complexity index is 1050. The molecule has 1 aliphatic heterocycles. The Morgan fingerprint density at radius 1 is 1.00 bits per heavy atom. The topological polar surface area (TPSA) is 38.8 Å². The highest BCUT2D eigenvalue weighted by Gasteiger charge is 2.25. The Balaban J connectivity index is 1.53. The van der Waals surface area contributed by atoms with Crippen LogP contribution in [-0.4, -0.2) is 30.6 Å². The second-order valence-electron chi connectivity index (χ2n) is 7.08. The molecule has 3 aromatic rings. The van der Waals surface area contributed by atoms with Gasteiger partial charge in [0.2, 0.25) is 0 Å². The second-order valence-corrected chi connectivity index (χ2v) is 8.16. The minimum Gasteiger partial charge on any atom is -0.490 e. The molecule has 0 radical (unpaired) electrons. The van der Waals surface area contributed by atoms with Crippen molar-refractivity contribution in [1.82, 2.24) is 4.90 Å². The summed E-state index contributed by atoms with van der Waals surface area (Å²) in [6.07, 6.45) is 0.781. The first kappa shape index (κ1) is 20.4. The smallest absolute Gasteiger partial charge is 0.264 e. The molecule has 0 unspecified atom stereocenters. The lowest BCUT2D eigenvalue weighted by molar-refractivity contribution is 0.0739. The number of nitrogens with zero attached hydrogens (tertiary/aromatic N) is 1. The van der Waals surface area contributed by atoms with Crippen LogP contribution in [0.25, 0.3) is 10.4 Å². The number of rotatable bonds is 6. The number of carbonyl (C=O) groups excluding carboxylic acids is 1. The highest BCUT2D eigenvalue weighted by atomic mass is 32.1. The van der Waals surface area contributed by atoms with Crippen molar-refractivity contribution in [2.24, 2.45) is 0 Å². The van der Waals surface area contributed by atoms with Crippen molar-refractivity contribution in [1.29, 1.82) is 0 Å². The Hall–Kier alpha value is -2.86. The molecule has 6 heteroatoms. The minimum absolute atomic E-state index is 0.0193. The quantitative estimate of drug-likeness (QED) is 0.520. The molecule has 0 atom stereocenters. The van der Waals surface area contributed by atoms with Crippen LogP contribution in [0, 0.1) is 5.82 Å². The summed E-state index contributed by atoms with van der Waals surface area (Å²) < 4.78 is 24.6. The van der Waals surface area contributed by atoms with Gasteiger partial charge in [0.25, 0.3) is 5.91 Å². The van der Waals surface area contributed by atoms with Gasteiger partial charge in [0, 0.05) is 18.0 Å². The number of hydrogen-bond donors (Lipinski definition) is 0. The van der Waals surface area contributed by atoms with Gasteiger partial charge in [0.05, 0.1) is 18.1 Å². The molecule has 1 aliphatic rings. The Labute approximate surface area is 179 Å². The molecule has 156 valence electrons. The molecular weight excluding hydrogens is 401 g/mol. The van der Waals surface area contributed by atoms with Crippen molar-refractivity contribution in [3.63, 3.8) is 0 Å². The van der Waals surface area contributed by atoms with E-state index in [0.717, 1.165) is 33.9 Å². The number of amides is 1. The number of benzene rings is 2. The molecule has 0 aliphatic carbocycles. The van der Waals surface area contributed by atoms with Crippen LogP contribution >= 0.6 is 11.3 Å². The Morgan fingerprint density at radius 3 is 2.33 bits per heavy atom. The molecule has 30 heavy (non-hydrogen) atoms. The molecule has 2 aromatic carbocycles. The first-order chi connectivity index (χ1) is 14.6. The zero-order valence-electron chi connectivity index (χ0n) is 17.1. The maximum absolute atomic E-state index is 13.2. The highest BCUT2D eigenvalue weighted by Crippen LogP contribution is 2.35. The Kier molecular flexibility index (Phi) is 6.04. The lowest BCUT2D eigenvalue weighted by Crippen LogP contribution is -2.35. The molecule has 2 heterocycles. The monoisotopic (exact) mass is 425 g/mol. The molecular formula is C24H24FNO3S. The average Bonchev–Trinajstić information content (AvgIpc) is 3.24. The number of fused-ring (bicyclic) bond motifs is 1. The summed E-state index contributed by atoms with van der Waals surface area (Å²) in [5, 5.41) is 0. The van der Waals surface area contributed by atoms with Crippen LogP contribution in [0.3, 0.4) is 0 Å². The average molecular weight is 426 g/mol. The molecule has 1 amide bonds. The van der Waals surface area contributed by atoms with E-state index in [1.807, 2.05) is 43.0 Å². The van der Waals surface area contributed by atoms with Crippen LogP contribution in [0.1, 0.15) is 34.6 Å². The molecule has 4 nitrogen and oxygen atoms in total. The number of carbonyl (C=O) groups is 1. The molecule has 0 N–H and O–H groups in total. The number of thiophene rings is 1. The number of hydrogen-bond acceptors (Lipinski definition) is 4. The molecule has 0 saturated carbocycles. The molecule has 0 fully saturated rings. The zero-order chi connectivity index (χ0) is 21.1. The molecule has 4 rings (SSSR count). The van der Waals surface area contributed by atoms with Gasteiger partial charge in [-0.25, -0.2) is 4.39 Å². The fourth-order valence-electron chi connectivity index (χ4n) is 3.65. The summed E-state index contributed by atoms with van der Waals surface area (Å²) in [4.78, 5) is 16.6. The van der Waals surface area contributed by atoms with Gasteiger partial charge in [-0.3, -0.25) is 4.79 Å². The molecule has 0 spiro atoms. The normalized spacial score (nSPS) is 13.1. The van der Waals surface area contributed by atoms with E-state index in [9.17, 15) is 9.18 Å². The molecule has 0 bridgehead atoms. The van der Waals surface area contributed by atoms with Crippen molar-refractivity contribution in [2.45, 2.75) is 26.8 Å². The van der Waals surface area contributed by atoms with Crippen molar-refractivity contribution < 1.29 is 18.7 Å². The largest absolute Gasteiger partial charge is 0.490 e. The van der Waals surface area contributed by atoms with Crippen LogP contribution in [0.5, 0.6) is 11.5 Å². The van der Waals surface area contributed by atoms with Crippen LogP contribution in [-0.2, 0) is 13.0 Å². The van der Waals surface area contributed by atoms with E-state index in [1.54, 1.807) is 12.1 Å². The van der Waals surface area contributed by atoms with E-state index < -0.39 is 0 Å². The molecule has 0 saturated heterocycles. The third kappa shape index (κ3) is 4.19. The standard InChI is InChI=1S/C24H24FNO3S/c1-3-28-20-13-17-11-12-26(15-18(17)14-21(20)29-4-2)24(27)23-10-9-22(30-23)16-5-7-19(25)8-6-16/h5-10,13-14H,3-4,11-12,15H2,1-2H3. The summed E-state index contributed by atoms with van der Waals surface area (Å²) in [6, 6.07) is 14.2. The summed E-state index contributed by atoms with van der Waals surface area (Å²) in [5.41, 5.74) is 3.20. The van der Waals surface area contributed by atoms with E-state index >= 15 is 0 Å². The zero-order valence-corrected chi connectivity index (χ0v) is 17.9. The SMILES string of the molecule is CCOc1cc2c(cc1OCC)CN(C(=O)c1ccc(-c3ccc(F)cc3)s1)CC2. The van der Waals surface area contributed by atoms with Gasteiger partial charge in [0.1, 0.15) is 5.82 Å². The third-order valence-electron chi connectivity index (χ3n) is 5.11.